The summed E-state index contributed by atoms with van der Waals surface area (Å²) in [6, 6.07) is 18.8. The Balaban J connectivity index is 1.59. The fourth-order valence-electron chi connectivity index (χ4n) is 3.81. The SMILES string of the molecule is COc1ccc(C2(CNCc3cccc(OCCCC#N)c3)CCOCC2)cc1. The number of ether oxygens (including phenoxy) is 3. The van der Waals surface area contributed by atoms with E-state index in [1.807, 2.05) is 24.3 Å². The summed E-state index contributed by atoms with van der Waals surface area (Å²) in [5, 5.41) is 12.3. The highest BCUT2D eigenvalue weighted by Crippen LogP contribution is 2.35. The van der Waals surface area contributed by atoms with Gasteiger partial charge in [0.1, 0.15) is 11.5 Å². The maximum atomic E-state index is 8.61. The summed E-state index contributed by atoms with van der Waals surface area (Å²) < 4.78 is 16.7. The van der Waals surface area contributed by atoms with Crippen LogP contribution < -0.4 is 14.8 Å². The lowest BCUT2D eigenvalue weighted by molar-refractivity contribution is 0.0497. The second kappa shape index (κ2) is 10.8. The molecule has 1 N–H and O–H groups in total. The van der Waals surface area contributed by atoms with Crippen LogP contribution in [0.2, 0.25) is 0 Å². The van der Waals surface area contributed by atoms with Crippen molar-refractivity contribution < 1.29 is 14.2 Å². The van der Waals surface area contributed by atoms with Crippen LogP contribution in [0.3, 0.4) is 0 Å². The van der Waals surface area contributed by atoms with E-state index in [-0.39, 0.29) is 5.41 Å². The molecule has 0 atom stereocenters. The third kappa shape index (κ3) is 5.96. The fraction of sp³-hybridized carbons (Fsp3) is 0.458. The Kier molecular flexibility index (Phi) is 7.92. The lowest BCUT2D eigenvalue weighted by Gasteiger charge is -2.38. The van der Waals surface area contributed by atoms with Gasteiger partial charge in [0.2, 0.25) is 0 Å². The smallest absolute Gasteiger partial charge is 0.119 e. The van der Waals surface area contributed by atoms with Gasteiger partial charge in [-0.2, -0.15) is 5.26 Å². The van der Waals surface area contributed by atoms with E-state index in [0.29, 0.717) is 13.0 Å². The highest BCUT2D eigenvalue weighted by Gasteiger charge is 2.34. The molecule has 0 aliphatic carbocycles. The number of hydrogen-bond acceptors (Lipinski definition) is 5. The zero-order valence-corrected chi connectivity index (χ0v) is 17.2. The van der Waals surface area contributed by atoms with Gasteiger partial charge in [0.05, 0.1) is 19.8 Å². The molecule has 0 saturated carbocycles. The van der Waals surface area contributed by atoms with Gasteiger partial charge in [0.25, 0.3) is 0 Å². The summed E-state index contributed by atoms with van der Waals surface area (Å²) in [6.45, 7) is 3.84. The molecule has 0 unspecified atom stereocenters. The van der Waals surface area contributed by atoms with Crippen LogP contribution in [0.25, 0.3) is 0 Å². The molecule has 0 spiro atoms. The molecular formula is C24H30N2O3. The Hall–Kier alpha value is -2.55. The summed E-state index contributed by atoms with van der Waals surface area (Å²) in [5.41, 5.74) is 2.61. The van der Waals surface area contributed by atoms with Crippen molar-refractivity contribution in [2.45, 2.75) is 37.6 Å². The van der Waals surface area contributed by atoms with Gasteiger partial charge in [-0.15, -0.1) is 0 Å². The first-order valence-electron chi connectivity index (χ1n) is 10.3. The first kappa shape index (κ1) is 21.2. The van der Waals surface area contributed by atoms with E-state index < -0.39 is 0 Å². The monoisotopic (exact) mass is 394 g/mol. The molecule has 0 radical (unpaired) electrons. The Morgan fingerprint density at radius 3 is 2.62 bits per heavy atom. The summed E-state index contributed by atoms with van der Waals surface area (Å²) >= 11 is 0. The second-order valence-corrected chi connectivity index (χ2v) is 7.48. The zero-order chi connectivity index (χ0) is 20.4. The standard InChI is InChI=1S/C24H30N2O3/c1-27-22-9-7-21(8-10-22)24(11-15-28-16-12-24)19-26-18-20-5-4-6-23(17-20)29-14-3-2-13-25/h4-10,17,26H,2-3,11-12,14-16,18-19H2,1H3. The van der Waals surface area contributed by atoms with E-state index in [1.54, 1.807) is 7.11 Å². The summed E-state index contributed by atoms with van der Waals surface area (Å²) in [7, 11) is 1.70. The van der Waals surface area contributed by atoms with Crippen LogP contribution in [0, 0.1) is 11.3 Å². The Morgan fingerprint density at radius 1 is 1.10 bits per heavy atom. The van der Waals surface area contributed by atoms with Gasteiger partial charge < -0.3 is 19.5 Å². The van der Waals surface area contributed by atoms with Crippen molar-refractivity contribution in [3.63, 3.8) is 0 Å². The van der Waals surface area contributed by atoms with E-state index in [0.717, 1.165) is 57.1 Å². The number of hydrogen-bond donors (Lipinski definition) is 1. The van der Waals surface area contributed by atoms with Crippen LogP contribution in [0.15, 0.2) is 48.5 Å². The van der Waals surface area contributed by atoms with Gasteiger partial charge in [-0.1, -0.05) is 24.3 Å². The number of nitrogens with one attached hydrogen (secondary N) is 1. The summed E-state index contributed by atoms with van der Waals surface area (Å²) in [6.07, 6.45) is 3.30. The molecule has 5 nitrogen and oxygen atoms in total. The quantitative estimate of drug-likeness (QED) is 0.612. The lowest BCUT2D eigenvalue weighted by atomic mass is 9.74. The molecule has 0 bridgehead atoms. The molecule has 3 rings (SSSR count). The number of benzene rings is 2. The third-order valence-electron chi connectivity index (χ3n) is 5.54. The minimum Gasteiger partial charge on any atom is -0.497 e. The minimum absolute atomic E-state index is 0.0793. The molecule has 1 heterocycles. The highest BCUT2D eigenvalue weighted by molar-refractivity contribution is 5.33. The number of nitriles is 1. The van der Waals surface area contributed by atoms with Gasteiger partial charge in [0, 0.05) is 38.1 Å². The third-order valence-corrected chi connectivity index (χ3v) is 5.54. The minimum atomic E-state index is 0.0793. The Morgan fingerprint density at radius 2 is 1.90 bits per heavy atom. The molecule has 1 fully saturated rings. The molecule has 1 aliphatic rings. The predicted octanol–water partition coefficient (Wildman–Crippen LogP) is 4.22. The van der Waals surface area contributed by atoms with Crippen LogP contribution in [0.4, 0.5) is 0 Å². The highest BCUT2D eigenvalue weighted by atomic mass is 16.5. The second-order valence-electron chi connectivity index (χ2n) is 7.48. The van der Waals surface area contributed by atoms with E-state index >= 15 is 0 Å². The van der Waals surface area contributed by atoms with Gasteiger partial charge in [-0.05, 0) is 54.7 Å². The summed E-state index contributed by atoms with van der Waals surface area (Å²) in [5.74, 6) is 1.74. The predicted molar refractivity (Wildman–Crippen MR) is 113 cm³/mol. The number of methoxy groups -OCH3 is 1. The van der Waals surface area contributed by atoms with E-state index in [2.05, 4.69) is 35.7 Å². The molecule has 2 aromatic carbocycles. The van der Waals surface area contributed by atoms with E-state index in [1.165, 1.54) is 11.1 Å². The van der Waals surface area contributed by atoms with Crippen LogP contribution in [-0.2, 0) is 16.7 Å². The summed E-state index contributed by atoms with van der Waals surface area (Å²) in [4.78, 5) is 0. The molecule has 154 valence electrons. The number of nitrogens with zero attached hydrogens (tertiary/aromatic N) is 1. The molecule has 1 aliphatic heterocycles. The molecule has 29 heavy (non-hydrogen) atoms. The largest absolute Gasteiger partial charge is 0.497 e. The molecular weight excluding hydrogens is 364 g/mol. The topological polar surface area (TPSA) is 63.5 Å². The number of unbranched alkanes of at least 4 members (excludes halogenated alkanes) is 1. The lowest BCUT2D eigenvalue weighted by Crippen LogP contribution is -2.42. The van der Waals surface area contributed by atoms with Crippen LogP contribution >= 0.6 is 0 Å². The first-order chi connectivity index (χ1) is 14.3. The van der Waals surface area contributed by atoms with Crippen molar-refractivity contribution in [2.24, 2.45) is 0 Å². The zero-order valence-electron chi connectivity index (χ0n) is 17.2. The van der Waals surface area contributed by atoms with Crippen LogP contribution in [0.5, 0.6) is 11.5 Å². The maximum absolute atomic E-state index is 8.61. The fourth-order valence-corrected chi connectivity index (χ4v) is 3.81. The van der Waals surface area contributed by atoms with Crippen molar-refractivity contribution in [1.29, 1.82) is 5.26 Å². The van der Waals surface area contributed by atoms with Crippen molar-refractivity contribution in [1.82, 2.24) is 5.32 Å². The molecule has 1 saturated heterocycles. The van der Waals surface area contributed by atoms with Crippen molar-refractivity contribution in [3.8, 4) is 17.6 Å². The van der Waals surface area contributed by atoms with E-state index in [4.69, 9.17) is 19.5 Å². The van der Waals surface area contributed by atoms with Gasteiger partial charge in [-0.3, -0.25) is 0 Å². The molecule has 0 aromatic heterocycles. The average molecular weight is 395 g/mol. The van der Waals surface area contributed by atoms with Gasteiger partial charge in [0.15, 0.2) is 0 Å². The van der Waals surface area contributed by atoms with Crippen LogP contribution in [-0.4, -0.2) is 33.5 Å². The normalized spacial score (nSPS) is 15.4. The van der Waals surface area contributed by atoms with Gasteiger partial charge >= 0.3 is 0 Å². The van der Waals surface area contributed by atoms with Crippen molar-refractivity contribution in [2.75, 3.05) is 33.5 Å². The van der Waals surface area contributed by atoms with E-state index in [9.17, 15) is 0 Å². The Bertz CT molecular complexity index is 793. The Labute approximate surface area is 173 Å². The van der Waals surface area contributed by atoms with Crippen molar-refractivity contribution >= 4 is 0 Å². The first-order valence-corrected chi connectivity index (χ1v) is 10.3. The molecule has 5 heteroatoms. The van der Waals surface area contributed by atoms with Crippen molar-refractivity contribution in [3.05, 3.63) is 59.7 Å². The molecule has 0 amide bonds. The number of rotatable bonds is 10. The average Bonchev–Trinajstić information content (AvgIpc) is 2.78. The van der Waals surface area contributed by atoms with Gasteiger partial charge in [-0.25, -0.2) is 0 Å². The van der Waals surface area contributed by atoms with Crippen LogP contribution in [0.1, 0.15) is 36.8 Å². The molecule has 2 aromatic rings. The maximum Gasteiger partial charge on any atom is 0.119 e.